The molecule has 0 saturated carbocycles. The van der Waals surface area contributed by atoms with E-state index < -0.39 is 0 Å². The first-order valence-corrected chi connectivity index (χ1v) is 12.8. The maximum absolute atomic E-state index is 12.9. The molecule has 0 atom stereocenters. The number of carbonyl (C=O) groups is 1. The first-order valence-electron chi connectivity index (χ1n) is 12.0. The number of rotatable bonds is 6. The monoisotopic (exact) mass is 463 g/mol. The molecule has 1 aromatic carbocycles. The smallest absolute Gasteiger partial charge is 0.263 e. The molecule has 2 aromatic heterocycles. The van der Waals surface area contributed by atoms with E-state index in [0.717, 1.165) is 41.1 Å². The molecule has 174 valence electrons. The van der Waals surface area contributed by atoms with Crippen LogP contribution in [0.4, 0.5) is 11.4 Å². The minimum Gasteiger partial charge on any atom is -0.386 e. The lowest BCUT2D eigenvalue weighted by molar-refractivity contribution is 0.0959. The van der Waals surface area contributed by atoms with Crippen LogP contribution in [0.3, 0.4) is 0 Å². The number of hydrogen-bond donors (Lipinski definition) is 3. The van der Waals surface area contributed by atoms with Crippen molar-refractivity contribution < 1.29 is 4.79 Å². The van der Waals surface area contributed by atoms with Gasteiger partial charge in [0.15, 0.2) is 0 Å². The van der Waals surface area contributed by atoms with Crippen molar-refractivity contribution in [2.45, 2.75) is 32.6 Å². The van der Waals surface area contributed by atoms with Gasteiger partial charge in [-0.3, -0.25) is 4.79 Å². The quantitative estimate of drug-likeness (QED) is 0.511. The zero-order valence-corrected chi connectivity index (χ0v) is 20.4. The first-order chi connectivity index (χ1) is 16.1. The highest BCUT2D eigenvalue weighted by molar-refractivity contribution is 7.21. The predicted molar refractivity (Wildman–Crippen MR) is 138 cm³/mol. The van der Waals surface area contributed by atoms with Crippen LogP contribution in [-0.4, -0.2) is 50.7 Å². The molecule has 33 heavy (non-hydrogen) atoms. The molecule has 3 N–H and O–H groups in total. The van der Waals surface area contributed by atoms with E-state index in [1.165, 1.54) is 54.9 Å². The third-order valence-corrected chi connectivity index (χ3v) is 8.41. The van der Waals surface area contributed by atoms with E-state index in [4.69, 9.17) is 0 Å². The summed E-state index contributed by atoms with van der Waals surface area (Å²) < 4.78 is 0. The fraction of sp³-hybridized carbons (Fsp3) is 0.462. The van der Waals surface area contributed by atoms with Crippen LogP contribution in [0.15, 0.2) is 36.4 Å². The van der Waals surface area contributed by atoms with Gasteiger partial charge in [-0.05, 0) is 74.4 Å². The van der Waals surface area contributed by atoms with Crippen LogP contribution in [-0.2, 0) is 6.42 Å². The lowest BCUT2D eigenvalue weighted by Gasteiger charge is -2.40. The number of nitrogens with one attached hydrogen (secondary N) is 3. The molecule has 2 aliphatic rings. The molecule has 7 heteroatoms. The first kappa shape index (κ1) is 22.2. The average molecular weight is 464 g/mol. The van der Waals surface area contributed by atoms with E-state index >= 15 is 0 Å². The molecule has 3 aromatic rings. The molecule has 1 amide bonds. The van der Waals surface area contributed by atoms with Crippen LogP contribution in [0, 0.1) is 12.3 Å². The number of carbonyl (C=O) groups excluding carboxylic acids is 1. The Morgan fingerprint density at radius 2 is 1.94 bits per heavy atom. The van der Waals surface area contributed by atoms with Gasteiger partial charge in [0.05, 0.1) is 5.69 Å². The summed E-state index contributed by atoms with van der Waals surface area (Å²) in [7, 11) is 1.85. The second-order valence-corrected chi connectivity index (χ2v) is 10.4. The summed E-state index contributed by atoms with van der Waals surface area (Å²) in [6.45, 7) is 7.25. The highest BCUT2D eigenvalue weighted by atomic mass is 32.1. The van der Waals surface area contributed by atoms with Gasteiger partial charge in [0.2, 0.25) is 0 Å². The second kappa shape index (κ2) is 9.31. The molecule has 1 spiro atoms. The number of fused-ring (bicyclic) bond motifs is 1. The Morgan fingerprint density at radius 1 is 1.15 bits per heavy atom. The number of thiophene rings is 1. The number of piperidine rings is 1. The maximum atomic E-state index is 12.9. The highest BCUT2D eigenvalue weighted by Crippen LogP contribution is 2.38. The van der Waals surface area contributed by atoms with Crippen molar-refractivity contribution in [2.24, 2.45) is 5.41 Å². The van der Waals surface area contributed by atoms with Crippen molar-refractivity contribution in [3.8, 4) is 0 Å². The average Bonchev–Trinajstić information content (AvgIpc) is 3.44. The molecular formula is C26H33N5OS. The van der Waals surface area contributed by atoms with Crippen molar-refractivity contribution in [3.63, 3.8) is 0 Å². The van der Waals surface area contributed by atoms with Crippen molar-refractivity contribution in [1.29, 1.82) is 0 Å². The zero-order chi connectivity index (χ0) is 22.8. The summed E-state index contributed by atoms with van der Waals surface area (Å²) in [5.41, 5.74) is 4.93. The molecule has 0 aliphatic carbocycles. The van der Waals surface area contributed by atoms with E-state index in [-0.39, 0.29) is 5.91 Å². The van der Waals surface area contributed by atoms with Crippen LogP contribution in [0.2, 0.25) is 0 Å². The number of hydrogen-bond acceptors (Lipinski definition) is 6. The Hall–Kier alpha value is -2.64. The number of nitrogens with zero attached hydrogens (tertiary/aromatic N) is 2. The Balaban J connectivity index is 1.15. The van der Waals surface area contributed by atoms with Gasteiger partial charge >= 0.3 is 0 Å². The van der Waals surface area contributed by atoms with Crippen LogP contribution >= 0.6 is 11.3 Å². The predicted octanol–water partition coefficient (Wildman–Crippen LogP) is 4.20. The summed E-state index contributed by atoms with van der Waals surface area (Å²) in [6.07, 6.45) is 4.72. The summed E-state index contributed by atoms with van der Waals surface area (Å²) in [5, 5.41) is 10.8. The maximum Gasteiger partial charge on any atom is 0.263 e. The van der Waals surface area contributed by atoms with Crippen molar-refractivity contribution in [1.82, 2.24) is 15.6 Å². The molecular weight excluding hydrogens is 430 g/mol. The molecule has 0 unspecified atom stereocenters. The number of aryl methyl sites for hydroxylation is 1. The third kappa shape index (κ3) is 4.57. The van der Waals surface area contributed by atoms with Gasteiger partial charge in [0.1, 0.15) is 9.71 Å². The lowest BCUT2D eigenvalue weighted by atomic mass is 9.78. The van der Waals surface area contributed by atoms with Crippen LogP contribution in [0.25, 0.3) is 10.2 Å². The lowest BCUT2D eigenvalue weighted by Crippen LogP contribution is -2.41. The molecule has 5 rings (SSSR count). The van der Waals surface area contributed by atoms with Crippen LogP contribution in [0.1, 0.15) is 40.2 Å². The van der Waals surface area contributed by atoms with Gasteiger partial charge in [0, 0.05) is 50.0 Å². The summed E-state index contributed by atoms with van der Waals surface area (Å²) in [5.74, 6) is -0.0414. The van der Waals surface area contributed by atoms with Gasteiger partial charge in [-0.1, -0.05) is 12.1 Å². The van der Waals surface area contributed by atoms with E-state index in [9.17, 15) is 4.79 Å². The SMILES string of the molecule is CNc1c(C(=O)NCCc2ccc(N3CCC4(CCNC4)CC3)cc2)sc2nc(C)ccc12. The number of aromatic nitrogens is 1. The number of pyridine rings is 1. The Kier molecular flexibility index (Phi) is 6.25. The molecule has 6 nitrogen and oxygen atoms in total. The van der Waals surface area contributed by atoms with Gasteiger partial charge in [-0.2, -0.15) is 0 Å². The van der Waals surface area contributed by atoms with Gasteiger partial charge in [-0.25, -0.2) is 4.98 Å². The molecule has 4 heterocycles. The Morgan fingerprint density at radius 3 is 2.64 bits per heavy atom. The van der Waals surface area contributed by atoms with Crippen molar-refractivity contribution in [3.05, 3.63) is 52.5 Å². The van der Waals surface area contributed by atoms with Crippen molar-refractivity contribution in [2.75, 3.05) is 50.0 Å². The molecule has 2 fully saturated rings. The summed E-state index contributed by atoms with van der Waals surface area (Å²) in [6, 6.07) is 12.9. The van der Waals surface area contributed by atoms with E-state index in [1.54, 1.807) is 0 Å². The fourth-order valence-electron chi connectivity index (χ4n) is 5.21. The molecule has 0 radical (unpaired) electrons. The summed E-state index contributed by atoms with van der Waals surface area (Å²) in [4.78, 5) is 21.5. The standard InChI is InChI=1S/C26H33N5OS/c1-18-3-8-21-22(27-2)23(33-25(21)30-18)24(32)29-13-9-19-4-6-20(7-5-19)31-15-11-26(12-16-31)10-14-28-17-26/h3-8,27-28H,9-17H2,1-2H3,(H,29,32). The number of benzene rings is 1. The van der Waals surface area contributed by atoms with Crippen LogP contribution < -0.4 is 20.9 Å². The third-order valence-electron chi connectivity index (χ3n) is 7.31. The second-order valence-electron chi connectivity index (χ2n) is 9.45. The molecule has 2 aliphatic heterocycles. The molecule has 0 bridgehead atoms. The Labute approximate surface area is 199 Å². The van der Waals surface area contributed by atoms with Crippen LogP contribution in [0.5, 0.6) is 0 Å². The number of anilines is 2. The van der Waals surface area contributed by atoms with Gasteiger partial charge in [-0.15, -0.1) is 11.3 Å². The minimum atomic E-state index is -0.0414. The number of amides is 1. The van der Waals surface area contributed by atoms with E-state index in [0.29, 0.717) is 16.8 Å². The topological polar surface area (TPSA) is 69.3 Å². The highest BCUT2D eigenvalue weighted by Gasteiger charge is 2.36. The fourth-order valence-corrected chi connectivity index (χ4v) is 6.36. The van der Waals surface area contributed by atoms with E-state index in [1.807, 2.05) is 26.1 Å². The molecule has 2 saturated heterocycles. The normalized spacial score (nSPS) is 17.6. The van der Waals surface area contributed by atoms with Gasteiger partial charge < -0.3 is 20.9 Å². The minimum absolute atomic E-state index is 0.0414. The zero-order valence-electron chi connectivity index (χ0n) is 19.5. The van der Waals surface area contributed by atoms with Crippen molar-refractivity contribution >= 4 is 38.8 Å². The largest absolute Gasteiger partial charge is 0.386 e. The van der Waals surface area contributed by atoms with E-state index in [2.05, 4.69) is 50.1 Å². The summed E-state index contributed by atoms with van der Waals surface area (Å²) >= 11 is 1.45. The Bertz CT molecular complexity index is 1120. The van der Waals surface area contributed by atoms with Gasteiger partial charge in [0.25, 0.3) is 5.91 Å².